The molecule has 0 aliphatic carbocycles. The third-order valence-corrected chi connectivity index (χ3v) is 2.79. The van der Waals surface area contributed by atoms with Gasteiger partial charge in [-0.1, -0.05) is 30.3 Å². The fourth-order valence-electron chi connectivity index (χ4n) is 1.73. The van der Waals surface area contributed by atoms with Crippen LogP contribution in [0.15, 0.2) is 48.5 Å². The van der Waals surface area contributed by atoms with E-state index in [4.69, 9.17) is 4.74 Å². The van der Waals surface area contributed by atoms with E-state index in [-0.39, 0.29) is 24.6 Å². The largest absolute Gasteiger partial charge is 0.376 e. The molecule has 21 heavy (non-hydrogen) atoms. The number of amides is 1. The number of carbonyl (C=O) groups excluding carboxylic acids is 1. The van der Waals surface area contributed by atoms with E-state index in [1.54, 1.807) is 0 Å². The van der Waals surface area contributed by atoms with Gasteiger partial charge in [0.2, 0.25) is 5.91 Å². The predicted octanol–water partition coefficient (Wildman–Crippen LogP) is 3.51. The van der Waals surface area contributed by atoms with Gasteiger partial charge in [0.15, 0.2) is 0 Å². The molecule has 1 amide bonds. The first kappa shape index (κ1) is 15.1. The van der Waals surface area contributed by atoms with E-state index in [1.807, 2.05) is 30.3 Å². The van der Waals surface area contributed by atoms with Gasteiger partial charge >= 0.3 is 0 Å². The van der Waals surface area contributed by atoms with Crippen LogP contribution in [0.2, 0.25) is 0 Å². The molecule has 0 unspecified atom stereocenters. The Kier molecular flexibility index (Phi) is 5.40. The fourth-order valence-corrected chi connectivity index (χ4v) is 1.73. The van der Waals surface area contributed by atoms with E-state index < -0.39 is 11.6 Å². The number of nitrogens with one attached hydrogen (secondary N) is 1. The van der Waals surface area contributed by atoms with Gasteiger partial charge in [-0.2, -0.15) is 0 Å². The van der Waals surface area contributed by atoms with Crippen LogP contribution in [-0.4, -0.2) is 12.5 Å². The SMILES string of the molecule is O=C(CCOCc1ccccc1)Nc1ccc(F)cc1F. The lowest BCUT2D eigenvalue weighted by Crippen LogP contribution is -2.15. The van der Waals surface area contributed by atoms with Crippen LogP contribution in [0.25, 0.3) is 0 Å². The highest BCUT2D eigenvalue weighted by atomic mass is 19.1. The van der Waals surface area contributed by atoms with Crippen molar-refractivity contribution in [1.29, 1.82) is 0 Å². The van der Waals surface area contributed by atoms with Gasteiger partial charge < -0.3 is 10.1 Å². The van der Waals surface area contributed by atoms with Crippen molar-refractivity contribution in [2.24, 2.45) is 0 Å². The molecule has 0 fully saturated rings. The summed E-state index contributed by atoms with van der Waals surface area (Å²) >= 11 is 0. The van der Waals surface area contributed by atoms with E-state index in [0.717, 1.165) is 17.7 Å². The first-order valence-electron chi connectivity index (χ1n) is 6.52. The second-order valence-corrected chi connectivity index (χ2v) is 4.46. The second kappa shape index (κ2) is 7.50. The molecular formula is C16H15F2NO2. The standard InChI is InChI=1S/C16H15F2NO2/c17-13-6-7-15(14(18)10-13)19-16(20)8-9-21-11-12-4-2-1-3-5-12/h1-7,10H,8-9,11H2,(H,19,20). The highest BCUT2D eigenvalue weighted by Crippen LogP contribution is 2.15. The van der Waals surface area contributed by atoms with Crippen LogP contribution in [0, 0.1) is 11.6 Å². The normalized spacial score (nSPS) is 10.4. The van der Waals surface area contributed by atoms with Gasteiger partial charge in [-0.15, -0.1) is 0 Å². The van der Waals surface area contributed by atoms with Gasteiger partial charge in [-0.3, -0.25) is 4.79 Å². The maximum atomic E-state index is 13.3. The monoisotopic (exact) mass is 291 g/mol. The molecule has 0 spiro atoms. The van der Waals surface area contributed by atoms with Gasteiger partial charge in [-0.05, 0) is 17.7 Å². The van der Waals surface area contributed by atoms with Crippen molar-refractivity contribution < 1.29 is 18.3 Å². The number of hydrogen-bond donors (Lipinski definition) is 1. The minimum absolute atomic E-state index is 0.0375. The minimum Gasteiger partial charge on any atom is -0.376 e. The van der Waals surface area contributed by atoms with Crippen LogP contribution in [0.4, 0.5) is 14.5 Å². The summed E-state index contributed by atoms with van der Waals surface area (Å²) in [5.41, 5.74) is 0.979. The predicted molar refractivity (Wildman–Crippen MR) is 75.7 cm³/mol. The first-order valence-corrected chi connectivity index (χ1v) is 6.52. The topological polar surface area (TPSA) is 38.3 Å². The molecule has 0 aromatic heterocycles. The number of hydrogen-bond acceptors (Lipinski definition) is 2. The average Bonchev–Trinajstić information content (AvgIpc) is 2.48. The molecule has 0 bridgehead atoms. The number of halogens is 2. The van der Waals surface area contributed by atoms with Crippen molar-refractivity contribution >= 4 is 11.6 Å². The van der Waals surface area contributed by atoms with Crippen LogP contribution < -0.4 is 5.32 Å². The van der Waals surface area contributed by atoms with Gasteiger partial charge in [0.05, 0.1) is 25.3 Å². The van der Waals surface area contributed by atoms with Crippen LogP contribution >= 0.6 is 0 Å². The molecule has 2 aromatic rings. The molecule has 3 nitrogen and oxygen atoms in total. The number of anilines is 1. The summed E-state index contributed by atoms with van der Waals surface area (Å²) in [6.07, 6.45) is 0.101. The van der Waals surface area contributed by atoms with Crippen molar-refractivity contribution in [2.75, 3.05) is 11.9 Å². The lowest BCUT2D eigenvalue weighted by atomic mass is 10.2. The fraction of sp³-hybridized carbons (Fsp3) is 0.188. The van der Waals surface area contributed by atoms with Crippen LogP contribution in [0.1, 0.15) is 12.0 Å². The lowest BCUT2D eigenvalue weighted by Gasteiger charge is -2.07. The zero-order chi connectivity index (χ0) is 15.1. The zero-order valence-electron chi connectivity index (χ0n) is 11.3. The Morgan fingerprint density at radius 2 is 1.86 bits per heavy atom. The Hall–Kier alpha value is -2.27. The average molecular weight is 291 g/mol. The Morgan fingerprint density at radius 1 is 1.10 bits per heavy atom. The number of carbonyl (C=O) groups is 1. The molecule has 0 heterocycles. The number of rotatable bonds is 6. The molecule has 2 aromatic carbocycles. The number of benzene rings is 2. The Labute approximate surface area is 121 Å². The smallest absolute Gasteiger partial charge is 0.226 e. The highest BCUT2D eigenvalue weighted by Gasteiger charge is 2.07. The van der Waals surface area contributed by atoms with Crippen molar-refractivity contribution in [3.8, 4) is 0 Å². The molecule has 0 radical (unpaired) electrons. The molecule has 1 N–H and O–H groups in total. The van der Waals surface area contributed by atoms with Gasteiger partial charge in [0, 0.05) is 6.07 Å². The molecular weight excluding hydrogens is 276 g/mol. The number of ether oxygens (including phenoxy) is 1. The van der Waals surface area contributed by atoms with Crippen molar-refractivity contribution in [3.05, 3.63) is 65.7 Å². The lowest BCUT2D eigenvalue weighted by molar-refractivity contribution is -0.117. The molecule has 5 heteroatoms. The Bertz CT molecular complexity index is 602. The van der Waals surface area contributed by atoms with Gasteiger partial charge in [-0.25, -0.2) is 8.78 Å². The summed E-state index contributed by atoms with van der Waals surface area (Å²) < 4.78 is 31.4. The van der Waals surface area contributed by atoms with Crippen molar-refractivity contribution in [1.82, 2.24) is 0 Å². The summed E-state index contributed by atoms with van der Waals surface area (Å²) in [5.74, 6) is -1.86. The molecule has 0 aliphatic heterocycles. The quantitative estimate of drug-likeness (QED) is 0.827. The van der Waals surface area contributed by atoms with Crippen LogP contribution in [0.3, 0.4) is 0 Å². The minimum atomic E-state index is -0.798. The van der Waals surface area contributed by atoms with Crippen LogP contribution in [0.5, 0.6) is 0 Å². The summed E-state index contributed by atoms with van der Waals surface area (Å²) in [7, 11) is 0. The summed E-state index contributed by atoms with van der Waals surface area (Å²) in [4.78, 5) is 11.6. The zero-order valence-corrected chi connectivity index (χ0v) is 11.3. The summed E-state index contributed by atoms with van der Waals surface area (Å²) in [6, 6.07) is 12.6. The van der Waals surface area contributed by atoms with Gasteiger partial charge in [0.25, 0.3) is 0 Å². The Balaban J connectivity index is 1.72. The van der Waals surface area contributed by atoms with Crippen molar-refractivity contribution in [3.63, 3.8) is 0 Å². The first-order chi connectivity index (χ1) is 10.1. The molecule has 110 valence electrons. The molecule has 0 saturated carbocycles. The van der Waals surface area contributed by atoms with E-state index in [2.05, 4.69) is 5.32 Å². The maximum Gasteiger partial charge on any atom is 0.226 e. The van der Waals surface area contributed by atoms with Crippen LogP contribution in [-0.2, 0) is 16.1 Å². The second-order valence-electron chi connectivity index (χ2n) is 4.46. The highest BCUT2D eigenvalue weighted by molar-refractivity contribution is 5.90. The molecule has 2 rings (SSSR count). The molecule has 0 aliphatic rings. The van der Waals surface area contributed by atoms with Crippen molar-refractivity contribution in [2.45, 2.75) is 13.0 Å². The van der Waals surface area contributed by atoms with E-state index >= 15 is 0 Å². The maximum absolute atomic E-state index is 13.3. The van der Waals surface area contributed by atoms with E-state index in [0.29, 0.717) is 6.61 Å². The third-order valence-electron chi connectivity index (χ3n) is 2.79. The molecule has 0 saturated heterocycles. The Morgan fingerprint density at radius 3 is 2.57 bits per heavy atom. The van der Waals surface area contributed by atoms with Gasteiger partial charge in [0.1, 0.15) is 11.6 Å². The third kappa shape index (κ3) is 4.96. The van der Waals surface area contributed by atoms with E-state index in [1.165, 1.54) is 6.07 Å². The van der Waals surface area contributed by atoms with E-state index in [9.17, 15) is 13.6 Å². The summed E-state index contributed by atoms with van der Waals surface area (Å²) in [5, 5.41) is 2.38. The summed E-state index contributed by atoms with van der Waals surface area (Å²) in [6.45, 7) is 0.641. The molecule has 0 atom stereocenters.